The zero-order valence-corrected chi connectivity index (χ0v) is 11.2. The number of imidazole rings is 1. The van der Waals surface area contributed by atoms with Gasteiger partial charge in [-0.2, -0.15) is 0 Å². The van der Waals surface area contributed by atoms with Crippen molar-refractivity contribution in [2.24, 2.45) is 0 Å². The molecule has 2 aromatic heterocycles. The summed E-state index contributed by atoms with van der Waals surface area (Å²) in [6.07, 6.45) is 2.02. The van der Waals surface area contributed by atoms with Gasteiger partial charge in [0.2, 0.25) is 0 Å². The molecule has 3 nitrogen and oxygen atoms in total. The highest BCUT2D eigenvalue weighted by atomic mass is 79.9. The lowest BCUT2D eigenvalue weighted by Gasteiger charge is -2.04. The normalized spacial score (nSPS) is 11.2. The van der Waals surface area contributed by atoms with E-state index in [9.17, 15) is 0 Å². The molecule has 0 N–H and O–H groups in total. The van der Waals surface area contributed by atoms with E-state index in [2.05, 4.69) is 27.0 Å². The lowest BCUT2D eigenvalue weighted by atomic mass is 10.1. The Bertz CT molecular complexity index is 718. The number of nitrogens with zero attached hydrogens (tertiary/aromatic N) is 2. The molecule has 2 heterocycles. The maximum atomic E-state index is 5.26. The minimum Gasteiger partial charge on any atom is -0.497 e. The standard InChI is InChI=1S/C13H11BrN2O/c1-8-12(14)16-6-5-9-3-4-10(17-2)7-11(9)13(16)15-8/h3-7H,1-2H3. The van der Waals surface area contributed by atoms with E-state index in [0.29, 0.717) is 0 Å². The Morgan fingerprint density at radius 1 is 1.29 bits per heavy atom. The summed E-state index contributed by atoms with van der Waals surface area (Å²) in [5, 5.41) is 2.26. The van der Waals surface area contributed by atoms with Crippen LogP contribution in [0.4, 0.5) is 0 Å². The van der Waals surface area contributed by atoms with Gasteiger partial charge in [0.05, 0.1) is 12.8 Å². The Labute approximate surface area is 107 Å². The van der Waals surface area contributed by atoms with Crippen molar-refractivity contribution >= 4 is 32.3 Å². The molecular formula is C13H11BrN2O. The van der Waals surface area contributed by atoms with E-state index >= 15 is 0 Å². The highest BCUT2D eigenvalue weighted by molar-refractivity contribution is 9.10. The SMILES string of the molecule is COc1ccc2ccn3c(Br)c(C)nc3c2c1. The molecular weight excluding hydrogens is 280 g/mol. The van der Waals surface area contributed by atoms with Crippen molar-refractivity contribution in [2.45, 2.75) is 6.92 Å². The Balaban J connectivity index is 2.48. The highest BCUT2D eigenvalue weighted by Crippen LogP contribution is 2.27. The van der Waals surface area contributed by atoms with Gasteiger partial charge in [-0.3, -0.25) is 4.40 Å². The van der Waals surface area contributed by atoms with Crippen molar-refractivity contribution < 1.29 is 4.74 Å². The van der Waals surface area contributed by atoms with Gasteiger partial charge in [-0.15, -0.1) is 0 Å². The molecule has 0 amide bonds. The van der Waals surface area contributed by atoms with Crippen molar-refractivity contribution in [3.63, 3.8) is 0 Å². The highest BCUT2D eigenvalue weighted by Gasteiger charge is 2.09. The van der Waals surface area contributed by atoms with Crippen LogP contribution in [-0.2, 0) is 0 Å². The summed E-state index contributed by atoms with van der Waals surface area (Å²) in [5.74, 6) is 0.849. The molecule has 86 valence electrons. The Kier molecular flexibility index (Phi) is 2.33. The van der Waals surface area contributed by atoms with Crippen molar-refractivity contribution in [3.8, 4) is 5.75 Å². The first kappa shape index (κ1) is 10.6. The maximum Gasteiger partial charge on any atom is 0.145 e. The molecule has 17 heavy (non-hydrogen) atoms. The number of rotatable bonds is 1. The second kappa shape index (κ2) is 3.74. The van der Waals surface area contributed by atoms with Gasteiger partial charge in [0.25, 0.3) is 0 Å². The van der Waals surface area contributed by atoms with Gasteiger partial charge in [0.15, 0.2) is 0 Å². The van der Waals surface area contributed by atoms with Gasteiger partial charge in [0, 0.05) is 11.6 Å². The minimum absolute atomic E-state index is 0.849. The average molecular weight is 291 g/mol. The molecule has 1 aromatic carbocycles. The maximum absolute atomic E-state index is 5.26. The van der Waals surface area contributed by atoms with Crippen LogP contribution in [0.2, 0.25) is 0 Å². The molecule has 0 unspecified atom stereocenters. The van der Waals surface area contributed by atoms with Gasteiger partial charge >= 0.3 is 0 Å². The van der Waals surface area contributed by atoms with Gasteiger partial charge in [-0.1, -0.05) is 6.07 Å². The van der Waals surface area contributed by atoms with Crippen molar-refractivity contribution in [1.29, 1.82) is 0 Å². The molecule has 0 spiro atoms. The summed E-state index contributed by atoms with van der Waals surface area (Å²) in [6, 6.07) is 8.10. The molecule has 0 aliphatic heterocycles. The molecule has 0 aliphatic rings. The number of hydrogen-bond acceptors (Lipinski definition) is 2. The van der Waals surface area contributed by atoms with E-state index in [0.717, 1.165) is 32.5 Å². The smallest absolute Gasteiger partial charge is 0.145 e. The van der Waals surface area contributed by atoms with Crippen molar-refractivity contribution in [2.75, 3.05) is 7.11 Å². The number of fused-ring (bicyclic) bond motifs is 3. The van der Waals surface area contributed by atoms with Crippen LogP contribution in [0.1, 0.15) is 5.69 Å². The molecule has 0 bridgehead atoms. The number of halogens is 1. The van der Waals surface area contributed by atoms with Gasteiger partial charge in [-0.05, 0) is 46.4 Å². The van der Waals surface area contributed by atoms with Gasteiger partial charge in [-0.25, -0.2) is 4.98 Å². The van der Waals surface area contributed by atoms with Crippen LogP contribution in [0, 0.1) is 6.92 Å². The van der Waals surface area contributed by atoms with Gasteiger partial charge in [0.1, 0.15) is 16.0 Å². The average Bonchev–Trinajstić information content (AvgIpc) is 2.65. The Hall–Kier alpha value is -1.55. The zero-order valence-electron chi connectivity index (χ0n) is 9.57. The van der Waals surface area contributed by atoms with E-state index in [1.807, 2.05) is 35.7 Å². The number of hydrogen-bond donors (Lipinski definition) is 0. The second-order valence-corrected chi connectivity index (χ2v) is 4.70. The zero-order chi connectivity index (χ0) is 12.0. The van der Waals surface area contributed by atoms with Crippen molar-refractivity contribution in [3.05, 3.63) is 40.8 Å². The molecule has 0 saturated carbocycles. The summed E-state index contributed by atoms with van der Waals surface area (Å²) in [6.45, 7) is 1.99. The minimum atomic E-state index is 0.849. The predicted molar refractivity (Wildman–Crippen MR) is 71.7 cm³/mol. The third-order valence-corrected chi connectivity index (χ3v) is 3.87. The van der Waals surface area contributed by atoms with E-state index in [-0.39, 0.29) is 0 Å². The number of pyridine rings is 1. The van der Waals surface area contributed by atoms with Crippen LogP contribution >= 0.6 is 15.9 Å². The molecule has 0 atom stereocenters. The van der Waals surface area contributed by atoms with E-state index < -0.39 is 0 Å². The molecule has 3 rings (SSSR count). The third kappa shape index (κ3) is 1.52. The third-order valence-electron chi connectivity index (χ3n) is 2.92. The first-order chi connectivity index (χ1) is 8.20. The first-order valence-corrected chi connectivity index (χ1v) is 6.11. The second-order valence-electron chi connectivity index (χ2n) is 3.95. The van der Waals surface area contributed by atoms with Crippen LogP contribution < -0.4 is 4.74 Å². The van der Waals surface area contributed by atoms with E-state index in [1.165, 1.54) is 0 Å². The molecule has 0 aliphatic carbocycles. The van der Waals surface area contributed by atoms with Crippen molar-refractivity contribution in [1.82, 2.24) is 9.38 Å². The Morgan fingerprint density at radius 2 is 2.12 bits per heavy atom. The topological polar surface area (TPSA) is 26.5 Å². The fourth-order valence-electron chi connectivity index (χ4n) is 2.01. The largest absolute Gasteiger partial charge is 0.497 e. The number of methoxy groups -OCH3 is 1. The fourth-order valence-corrected chi connectivity index (χ4v) is 2.38. The quantitative estimate of drug-likeness (QED) is 0.685. The summed E-state index contributed by atoms with van der Waals surface area (Å²) in [7, 11) is 1.67. The molecule has 0 saturated heterocycles. The lowest BCUT2D eigenvalue weighted by molar-refractivity contribution is 0.415. The number of ether oxygens (including phenoxy) is 1. The lowest BCUT2D eigenvalue weighted by Crippen LogP contribution is -1.88. The monoisotopic (exact) mass is 290 g/mol. The van der Waals surface area contributed by atoms with Crippen LogP contribution in [0.25, 0.3) is 16.4 Å². The molecule has 4 heteroatoms. The summed E-state index contributed by atoms with van der Waals surface area (Å²) < 4.78 is 8.30. The summed E-state index contributed by atoms with van der Waals surface area (Å²) >= 11 is 3.54. The van der Waals surface area contributed by atoms with Crippen LogP contribution in [0.3, 0.4) is 0 Å². The van der Waals surface area contributed by atoms with Crippen LogP contribution in [0.15, 0.2) is 35.1 Å². The van der Waals surface area contributed by atoms with Gasteiger partial charge < -0.3 is 4.74 Å². The number of benzene rings is 1. The first-order valence-electron chi connectivity index (χ1n) is 5.31. The summed E-state index contributed by atoms with van der Waals surface area (Å²) in [5.41, 5.74) is 1.94. The molecule has 0 fully saturated rings. The molecule has 3 aromatic rings. The summed E-state index contributed by atoms with van der Waals surface area (Å²) in [4.78, 5) is 4.58. The predicted octanol–water partition coefficient (Wildman–Crippen LogP) is 3.57. The fraction of sp³-hybridized carbons (Fsp3) is 0.154. The van der Waals surface area contributed by atoms with E-state index in [1.54, 1.807) is 7.11 Å². The van der Waals surface area contributed by atoms with Crippen LogP contribution in [-0.4, -0.2) is 16.5 Å². The van der Waals surface area contributed by atoms with E-state index in [4.69, 9.17) is 4.74 Å². The number of aryl methyl sites for hydroxylation is 1. The Morgan fingerprint density at radius 3 is 2.88 bits per heavy atom. The molecule has 0 radical (unpaired) electrons. The van der Waals surface area contributed by atoms with Crippen LogP contribution in [0.5, 0.6) is 5.75 Å². The number of aromatic nitrogens is 2.